The minimum atomic E-state index is 0.0993. The van der Waals surface area contributed by atoms with Crippen LogP contribution in [0.2, 0.25) is 15.2 Å². The van der Waals surface area contributed by atoms with Gasteiger partial charge < -0.3 is 10.1 Å². The molecule has 0 radical (unpaired) electrons. The zero-order valence-corrected chi connectivity index (χ0v) is 11.3. The lowest BCUT2D eigenvalue weighted by Crippen LogP contribution is -2.22. The van der Waals surface area contributed by atoms with E-state index in [9.17, 15) is 0 Å². The zero-order valence-electron chi connectivity index (χ0n) is 9.06. The molecule has 6 heteroatoms. The average Bonchev–Trinajstić information content (AvgIpc) is 2.23. The van der Waals surface area contributed by atoms with Gasteiger partial charge in [0.15, 0.2) is 0 Å². The number of halogens is 3. The van der Waals surface area contributed by atoms with Crippen LogP contribution in [0.15, 0.2) is 6.07 Å². The molecule has 1 aromatic rings. The van der Waals surface area contributed by atoms with E-state index in [0.717, 1.165) is 0 Å². The van der Waals surface area contributed by atoms with Gasteiger partial charge >= 0.3 is 0 Å². The van der Waals surface area contributed by atoms with Crippen LogP contribution in [-0.4, -0.2) is 24.2 Å². The fourth-order valence-corrected chi connectivity index (χ4v) is 1.67. The molecule has 0 aromatic carbocycles. The Kier molecular flexibility index (Phi) is 5.62. The van der Waals surface area contributed by atoms with E-state index >= 15 is 0 Å². The standard InChI is InChI=1S/C10H13Cl3N2O/c1-3-16-5-6(2)14-10-8(12)4-7(11)9(13)15-10/h4,6H,3,5H2,1-2H3,(H,14,15). The van der Waals surface area contributed by atoms with Gasteiger partial charge in [0.05, 0.1) is 16.7 Å². The molecule has 1 rings (SSSR count). The second kappa shape index (κ2) is 6.50. The fourth-order valence-electron chi connectivity index (χ4n) is 1.12. The first-order chi connectivity index (χ1) is 7.54. The van der Waals surface area contributed by atoms with Gasteiger partial charge in [0.2, 0.25) is 0 Å². The summed E-state index contributed by atoms with van der Waals surface area (Å²) < 4.78 is 5.27. The molecular formula is C10H13Cl3N2O. The summed E-state index contributed by atoms with van der Waals surface area (Å²) in [4.78, 5) is 4.06. The Morgan fingerprint density at radius 2 is 2.06 bits per heavy atom. The second-order valence-electron chi connectivity index (χ2n) is 3.30. The number of ether oxygens (including phenoxy) is 1. The third kappa shape index (κ3) is 3.98. The fraction of sp³-hybridized carbons (Fsp3) is 0.500. The van der Waals surface area contributed by atoms with Crippen molar-refractivity contribution in [3.63, 3.8) is 0 Å². The van der Waals surface area contributed by atoms with E-state index in [-0.39, 0.29) is 11.2 Å². The van der Waals surface area contributed by atoms with Crippen LogP contribution in [0.4, 0.5) is 5.82 Å². The first kappa shape index (κ1) is 13.8. The molecule has 0 aliphatic rings. The lowest BCUT2D eigenvalue weighted by Gasteiger charge is -2.15. The van der Waals surface area contributed by atoms with Crippen molar-refractivity contribution in [2.45, 2.75) is 19.9 Å². The molecule has 0 spiro atoms. The summed E-state index contributed by atoms with van der Waals surface area (Å²) in [6.45, 7) is 5.16. The van der Waals surface area contributed by atoms with Gasteiger partial charge in [-0.2, -0.15) is 0 Å². The van der Waals surface area contributed by atoms with Crippen LogP contribution in [0.5, 0.6) is 0 Å². The van der Waals surface area contributed by atoms with Gasteiger partial charge in [-0.25, -0.2) is 4.98 Å². The third-order valence-electron chi connectivity index (χ3n) is 1.84. The minimum absolute atomic E-state index is 0.0993. The van der Waals surface area contributed by atoms with Crippen molar-refractivity contribution in [1.29, 1.82) is 0 Å². The topological polar surface area (TPSA) is 34.1 Å². The molecule has 1 unspecified atom stereocenters. The van der Waals surface area contributed by atoms with Crippen molar-refractivity contribution >= 4 is 40.6 Å². The number of nitrogens with zero attached hydrogens (tertiary/aromatic N) is 1. The molecular weight excluding hydrogens is 270 g/mol. The van der Waals surface area contributed by atoms with Crippen molar-refractivity contribution in [3.8, 4) is 0 Å². The van der Waals surface area contributed by atoms with Crippen LogP contribution in [0.1, 0.15) is 13.8 Å². The molecule has 0 fully saturated rings. The van der Waals surface area contributed by atoms with Gasteiger partial charge in [-0.3, -0.25) is 0 Å². The molecule has 0 bridgehead atoms. The predicted octanol–water partition coefficient (Wildman–Crippen LogP) is 3.88. The Hall–Kier alpha value is -0.220. The van der Waals surface area contributed by atoms with Crippen molar-refractivity contribution in [1.82, 2.24) is 4.98 Å². The molecule has 0 saturated heterocycles. The number of rotatable bonds is 5. The Bertz CT molecular complexity index is 360. The van der Waals surface area contributed by atoms with Gasteiger partial charge in [-0.05, 0) is 19.9 Å². The maximum Gasteiger partial charge on any atom is 0.150 e. The first-order valence-corrected chi connectivity index (χ1v) is 6.03. The van der Waals surface area contributed by atoms with Crippen LogP contribution in [0.25, 0.3) is 0 Å². The molecule has 1 atom stereocenters. The molecule has 1 aromatic heterocycles. The Morgan fingerprint density at radius 3 is 2.69 bits per heavy atom. The second-order valence-corrected chi connectivity index (χ2v) is 4.47. The summed E-state index contributed by atoms with van der Waals surface area (Å²) in [5.41, 5.74) is 0. The molecule has 16 heavy (non-hydrogen) atoms. The van der Waals surface area contributed by atoms with E-state index in [1.54, 1.807) is 6.07 Å². The van der Waals surface area contributed by atoms with E-state index in [1.807, 2.05) is 13.8 Å². The highest BCUT2D eigenvalue weighted by atomic mass is 35.5. The number of pyridine rings is 1. The smallest absolute Gasteiger partial charge is 0.150 e. The molecule has 1 heterocycles. The summed E-state index contributed by atoms with van der Waals surface area (Å²) >= 11 is 17.5. The summed E-state index contributed by atoms with van der Waals surface area (Å²) in [5.74, 6) is 0.517. The van der Waals surface area contributed by atoms with Gasteiger partial charge in [0.25, 0.3) is 0 Å². The van der Waals surface area contributed by atoms with Crippen molar-refractivity contribution in [3.05, 3.63) is 21.3 Å². The quantitative estimate of drug-likeness (QED) is 0.833. The van der Waals surface area contributed by atoms with Crippen LogP contribution >= 0.6 is 34.8 Å². The Morgan fingerprint density at radius 1 is 1.38 bits per heavy atom. The van der Waals surface area contributed by atoms with E-state index in [0.29, 0.717) is 29.1 Å². The van der Waals surface area contributed by atoms with Crippen LogP contribution in [0.3, 0.4) is 0 Å². The predicted molar refractivity (Wildman–Crippen MR) is 68.8 cm³/mol. The monoisotopic (exact) mass is 282 g/mol. The first-order valence-electron chi connectivity index (χ1n) is 4.90. The van der Waals surface area contributed by atoms with Crippen molar-refractivity contribution in [2.24, 2.45) is 0 Å². The normalized spacial score (nSPS) is 12.6. The van der Waals surface area contributed by atoms with Crippen molar-refractivity contribution in [2.75, 3.05) is 18.5 Å². The van der Waals surface area contributed by atoms with Crippen molar-refractivity contribution < 1.29 is 4.74 Å². The molecule has 0 aliphatic heterocycles. The summed E-state index contributed by atoms with van der Waals surface area (Å²) in [5, 5.41) is 4.12. The largest absolute Gasteiger partial charge is 0.380 e. The zero-order chi connectivity index (χ0) is 12.1. The van der Waals surface area contributed by atoms with E-state index < -0.39 is 0 Å². The molecule has 0 aliphatic carbocycles. The van der Waals surface area contributed by atoms with Crippen LogP contribution in [-0.2, 0) is 4.74 Å². The number of anilines is 1. The number of nitrogens with one attached hydrogen (secondary N) is 1. The molecule has 0 amide bonds. The Balaban J connectivity index is 2.69. The SMILES string of the molecule is CCOCC(C)Nc1nc(Cl)c(Cl)cc1Cl. The van der Waals surface area contributed by atoms with E-state index in [2.05, 4.69) is 10.3 Å². The lowest BCUT2D eigenvalue weighted by atomic mass is 10.3. The Labute approximate surface area is 110 Å². The maximum absolute atomic E-state index is 5.97. The van der Waals surface area contributed by atoms with Gasteiger partial charge in [-0.15, -0.1) is 0 Å². The highest BCUT2D eigenvalue weighted by Gasteiger charge is 2.10. The molecule has 90 valence electrons. The van der Waals surface area contributed by atoms with Crippen LogP contribution < -0.4 is 5.32 Å². The average molecular weight is 284 g/mol. The lowest BCUT2D eigenvalue weighted by molar-refractivity contribution is 0.141. The van der Waals surface area contributed by atoms with E-state index in [4.69, 9.17) is 39.5 Å². The highest BCUT2D eigenvalue weighted by Crippen LogP contribution is 2.29. The molecule has 1 N–H and O–H groups in total. The minimum Gasteiger partial charge on any atom is -0.380 e. The third-order valence-corrected chi connectivity index (χ3v) is 2.80. The highest BCUT2D eigenvalue weighted by molar-refractivity contribution is 6.42. The molecule has 3 nitrogen and oxygen atoms in total. The number of hydrogen-bond donors (Lipinski definition) is 1. The van der Waals surface area contributed by atoms with Crippen LogP contribution in [0, 0.1) is 0 Å². The van der Waals surface area contributed by atoms with E-state index in [1.165, 1.54) is 0 Å². The maximum atomic E-state index is 5.97. The summed E-state index contributed by atoms with van der Waals surface area (Å²) in [7, 11) is 0. The number of hydrogen-bond acceptors (Lipinski definition) is 3. The number of aromatic nitrogens is 1. The van der Waals surface area contributed by atoms with Gasteiger partial charge in [0, 0.05) is 12.6 Å². The van der Waals surface area contributed by atoms with Gasteiger partial charge in [-0.1, -0.05) is 34.8 Å². The summed E-state index contributed by atoms with van der Waals surface area (Å²) in [6.07, 6.45) is 0. The summed E-state index contributed by atoms with van der Waals surface area (Å²) in [6, 6.07) is 1.66. The van der Waals surface area contributed by atoms with Gasteiger partial charge in [0.1, 0.15) is 11.0 Å². The molecule has 0 saturated carbocycles.